The lowest BCUT2D eigenvalue weighted by molar-refractivity contribution is 0.0953. The Morgan fingerprint density at radius 3 is 2.93 bits per heavy atom. The molecule has 1 aliphatic heterocycles. The van der Waals surface area contributed by atoms with Crippen molar-refractivity contribution in [2.75, 3.05) is 6.54 Å². The highest BCUT2D eigenvalue weighted by Crippen LogP contribution is 2.29. The molecular weight excluding hydrogens is 188 g/mol. The van der Waals surface area contributed by atoms with Gasteiger partial charge in [-0.05, 0) is 36.2 Å². The van der Waals surface area contributed by atoms with Gasteiger partial charge >= 0.3 is 0 Å². The summed E-state index contributed by atoms with van der Waals surface area (Å²) in [6.45, 7) is 0.533. The molecular formula is C10H11F2NO. The Kier molecular flexibility index (Phi) is 2.37. The number of aromatic hydroxyl groups is 1. The van der Waals surface area contributed by atoms with Gasteiger partial charge < -0.3 is 10.4 Å². The molecule has 1 aromatic rings. The third-order valence-corrected chi connectivity index (χ3v) is 2.47. The van der Waals surface area contributed by atoms with Crippen molar-refractivity contribution >= 4 is 0 Å². The number of phenolic OH excluding ortho intramolecular Hbond substituents is 1. The maximum atomic E-state index is 12.6. The maximum absolute atomic E-state index is 12.6. The fourth-order valence-electron chi connectivity index (χ4n) is 1.81. The van der Waals surface area contributed by atoms with Gasteiger partial charge in [0.1, 0.15) is 5.75 Å². The van der Waals surface area contributed by atoms with Crippen molar-refractivity contribution in [3.05, 3.63) is 29.3 Å². The zero-order chi connectivity index (χ0) is 10.1. The van der Waals surface area contributed by atoms with Gasteiger partial charge in [0.05, 0.1) is 6.04 Å². The summed E-state index contributed by atoms with van der Waals surface area (Å²) in [5.74, 6) is 0.138. The monoisotopic (exact) mass is 199 g/mol. The molecule has 0 aromatic heterocycles. The fraction of sp³-hybridized carbons (Fsp3) is 0.400. The van der Waals surface area contributed by atoms with Crippen molar-refractivity contribution in [2.24, 2.45) is 0 Å². The van der Waals surface area contributed by atoms with E-state index in [9.17, 15) is 13.9 Å². The van der Waals surface area contributed by atoms with Crippen LogP contribution in [-0.2, 0) is 6.42 Å². The predicted molar refractivity (Wildman–Crippen MR) is 48.6 cm³/mol. The number of benzene rings is 1. The molecule has 0 radical (unpaired) electrons. The summed E-state index contributed by atoms with van der Waals surface area (Å²) in [7, 11) is 0. The number of fused-ring (bicyclic) bond motifs is 1. The van der Waals surface area contributed by atoms with Gasteiger partial charge in [-0.25, -0.2) is 8.78 Å². The van der Waals surface area contributed by atoms with Gasteiger partial charge in [-0.1, -0.05) is 6.07 Å². The first-order valence-corrected chi connectivity index (χ1v) is 4.52. The molecule has 1 atom stereocenters. The van der Waals surface area contributed by atoms with Crippen LogP contribution in [0.25, 0.3) is 0 Å². The predicted octanol–water partition coefficient (Wildman–Crippen LogP) is 1.84. The summed E-state index contributed by atoms with van der Waals surface area (Å²) in [5, 5.41) is 12.0. The van der Waals surface area contributed by atoms with E-state index in [4.69, 9.17) is 0 Å². The summed E-state index contributed by atoms with van der Waals surface area (Å²) in [4.78, 5) is 0. The van der Waals surface area contributed by atoms with Crippen molar-refractivity contribution < 1.29 is 13.9 Å². The van der Waals surface area contributed by atoms with Crippen LogP contribution in [0, 0.1) is 0 Å². The molecule has 0 fully saturated rings. The van der Waals surface area contributed by atoms with Gasteiger partial charge in [-0.2, -0.15) is 0 Å². The van der Waals surface area contributed by atoms with E-state index in [-0.39, 0.29) is 5.75 Å². The fourth-order valence-corrected chi connectivity index (χ4v) is 1.81. The first-order valence-electron chi connectivity index (χ1n) is 4.52. The van der Waals surface area contributed by atoms with Crippen LogP contribution in [0.5, 0.6) is 5.75 Å². The molecule has 1 aromatic carbocycles. The number of nitrogens with one attached hydrogen (secondary N) is 1. The van der Waals surface area contributed by atoms with Crippen LogP contribution < -0.4 is 5.32 Å². The SMILES string of the molecule is Oc1ccc2c(c1)CCNC2C(F)F. The van der Waals surface area contributed by atoms with E-state index in [1.807, 2.05) is 0 Å². The Balaban J connectivity index is 2.40. The van der Waals surface area contributed by atoms with E-state index >= 15 is 0 Å². The van der Waals surface area contributed by atoms with Gasteiger partial charge in [0.15, 0.2) is 0 Å². The molecule has 2 N–H and O–H groups in total. The van der Waals surface area contributed by atoms with Crippen molar-refractivity contribution in [2.45, 2.75) is 18.9 Å². The van der Waals surface area contributed by atoms with Crippen LogP contribution in [0.15, 0.2) is 18.2 Å². The second-order valence-electron chi connectivity index (χ2n) is 3.40. The molecule has 4 heteroatoms. The van der Waals surface area contributed by atoms with Crippen LogP contribution in [0.4, 0.5) is 8.78 Å². The summed E-state index contributed by atoms with van der Waals surface area (Å²) in [6, 6.07) is 3.68. The molecule has 1 aliphatic rings. The van der Waals surface area contributed by atoms with Gasteiger partial charge in [0.25, 0.3) is 6.43 Å². The highest BCUT2D eigenvalue weighted by molar-refractivity contribution is 5.38. The van der Waals surface area contributed by atoms with E-state index < -0.39 is 12.5 Å². The number of phenols is 1. The van der Waals surface area contributed by atoms with E-state index in [2.05, 4.69) is 5.32 Å². The third-order valence-electron chi connectivity index (χ3n) is 2.47. The van der Waals surface area contributed by atoms with Crippen LogP contribution >= 0.6 is 0 Å². The maximum Gasteiger partial charge on any atom is 0.257 e. The number of hydrogen-bond acceptors (Lipinski definition) is 2. The molecule has 1 unspecified atom stereocenters. The average Bonchev–Trinajstić information content (AvgIpc) is 2.16. The normalized spacial score (nSPS) is 20.9. The molecule has 1 heterocycles. The highest BCUT2D eigenvalue weighted by atomic mass is 19.3. The Morgan fingerprint density at radius 2 is 2.21 bits per heavy atom. The van der Waals surface area contributed by atoms with Gasteiger partial charge in [0, 0.05) is 0 Å². The number of alkyl halides is 2. The largest absolute Gasteiger partial charge is 0.508 e. The second-order valence-corrected chi connectivity index (χ2v) is 3.40. The second kappa shape index (κ2) is 3.53. The molecule has 0 saturated heterocycles. The van der Waals surface area contributed by atoms with Crippen molar-refractivity contribution in [3.63, 3.8) is 0 Å². The standard InChI is InChI=1S/C10H11F2NO/c11-10(12)9-8-2-1-7(14)5-6(8)3-4-13-9/h1-2,5,9-10,13-14H,3-4H2. The molecule has 0 aliphatic carbocycles. The van der Waals surface area contributed by atoms with Crippen LogP contribution in [0.3, 0.4) is 0 Å². The van der Waals surface area contributed by atoms with E-state index in [1.54, 1.807) is 12.1 Å². The molecule has 14 heavy (non-hydrogen) atoms. The summed E-state index contributed by atoms with van der Waals surface area (Å²) < 4.78 is 25.1. The molecule has 76 valence electrons. The lowest BCUT2D eigenvalue weighted by Gasteiger charge is -2.26. The average molecular weight is 199 g/mol. The van der Waals surface area contributed by atoms with E-state index in [0.29, 0.717) is 18.5 Å². The number of halogens is 2. The lowest BCUT2D eigenvalue weighted by atomic mass is 9.94. The Morgan fingerprint density at radius 1 is 1.43 bits per heavy atom. The summed E-state index contributed by atoms with van der Waals surface area (Å²) in [6.07, 6.45) is -1.72. The molecule has 0 bridgehead atoms. The zero-order valence-electron chi connectivity index (χ0n) is 7.50. The van der Waals surface area contributed by atoms with E-state index in [1.165, 1.54) is 6.07 Å². The van der Waals surface area contributed by atoms with Crippen LogP contribution in [0.2, 0.25) is 0 Å². The molecule has 0 spiro atoms. The van der Waals surface area contributed by atoms with Crippen molar-refractivity contribution in [1.82, 2.24) is 5.32 Å². The topological polar surface area (TPSA) is 32.3 Å². The minimum Gasteiger partial charge on any atom is -0.508 e. The van der Waals surface area contributed by atoms with Gasteiger partial charge in [0.2, 0.25) is 0 Å². The highest BCUT2D eigenvalue weighted by Gasteiger charge is 2.27. The Bertz CT molecular complexity index is 341. The van der Waals surface area contributed by atoms with Crippen molar-refractivity contribution in [3.8, 4) is 5.75 Å². The van der Waals surface area contributed by atoms with Gasteiger partial charge in [-0.3, -0.25) is 0 Å². The first kappa shape index (κ1) is 9.40. The third kappa shape index (κ3) is 1.57. The van der Waals surface area contributed by atoms with Crippen LogP contribution in [0.1, 0.15) is 17.2 Å². The number of rotatable bonds is 1. The van der Waals surface area contributed by atoms with Gasteiger partial charge in [-0.15, -0.1) is 0 Å². The lowest BCUT2D eigenvalue weighted by Crippen LogP contribution is -2.34. The van der Waals surface area contributed by atoms with Crippen LogP contribution in [-0.4, -0.2) is 18.1 Å². The van der Waals surface area contributed by atoms with Crippen molar-refractivity contribution in [1.29, 1.82) is 0 Å². The molecule has 2 nitrogen and oxygen atoms in total. The smallest absolute Gasteiger partial charge is 0.257 e. The Hall–Kier alpha value is -1.16. The quantitative estimate of drug-likeness (QED) is 0.723. The molecule has 0 saturated carbocycles. The number of hydrogen-bond donors (Lipinski definition) is 2. The molecule has 0 amide bonds. The minimum absolute atomic E-state index is 0.138. The van der Waals surface area contributed by atoms with E-state index in [0.717, 1.165) is 5.56 Å². The minimum atomic E-state index is -2.40. The Labute approximate surface area is 80.6 Å². The zero-order valence-corrected chi connectivity index (χ0v) is 7.50. The molecule has 2 rings (SSSR count). The summed E-state index contributed by atoms with van der Waals surface area (Å²) in [5.41, 5.74) is 1.41. The first-order chi connectivity index (χ1) is 6.68. The summed E-state index contributed by atoms with van der Waals surface area (Å²) >= 11 is 0.